The standard InChI is InChI=1S/C17H19BrClNO/c1-4-21-17-15(18)9-14(19)10-16(17)20-12(3)13-7-5-6-11(2)8-13/h5-10,12,20H,4H2,1-3H3. The first-order valence-corrected chi connectivity index (χ1v) is 8.13. The van der Waals surface area contributed by atoms with E-state index in [-0.39, 0.29) is 6.04 Å². The fourth-order valence-corrected chi connectivity index (χ4v) is 3.14. The van der Waals surface area contributed by atoms with E-state index in [1.54, 1.807) is 0 Å². The summed E-state index contributed by atoms with van der Waals surface area (Å²) in [6.07, 6.45) is 0. The molecule has 0 aliphatic heterocycles. The number of rotatable bonds is 5. The Bertz CT molecular complexity index is 630. The van der Waals surface area contributed by atoms with Gasteiger partial charge in [-0.15, -0.1) is 0 Å². The van der Waals surface area contributed by atoms with Crippen molar-refractivity contribution >= 4 is 33.2 Å². The van der Waals surface area contributed by atoms with Crippen molar-refractivity contribution in [3.8, 4) is 5.75 Å². The summed E-state index contributed by atoms with van der Waals surface area (Å²) in [6, 6.07) is 12.4. The summed E-state index contributed by atoms with van der Waals surface area (Å²) in [4.78, 5) is 0. The smallest absolute Gasteiger partial charge is 0.156 e. The van der Waals surface area contributed by atoms with E-state index < -0.39 is 0 Å². The van der Waals surface area contributed by atoms with E-state index >= 15 is 0 Å². The van der Waals surface area contributed by atoms with Gasteiger partial charge in [0.2, 0.25) is 0 Å². The molecule has 1 unspecified atom stereocenters. The Labute approximate surface area is 139 Å². The first kappa shape index (κ1) is 16.2. The Hall–Kier alpha value is -1.19. The number of ether oxygens (including phenoxy) is 1. The topological polar surface area (TPSA) is 21.3 Å². The minimum Gasteiger partial charge on any atom is -0.491 e. The van der Waals surface area contributed by atoms with Crippen molar-refractivity contribution in [2.45, 2.75) is 26.8 Å². The van der Waals surface area contributed by atoms with E-state index in [0.717, 1.165) is 15.9 Å². The quantitative estimate of drug-likeness (QED) is 0.700. The molecule has 0 bridgehead atoms. The zero-order valence-electron chi connectivity index (χ0n) is 12.4. The third-order valence-electron chi connectivity index (χ3n) is 3.21. The van der Waals surface area contributed by atoms with E-state index in [1.807, 2.05) is 19.1 Å². The molecule has 0 aliphatic rings. The summed E-state index contributed by atoms with van der Waals surface area (Å²) in [7, 11) is 0. The summed E-state index contributed by atoms with van der Waals surface area (Å²) >= 11 is 9.66. The van der Waals surface area contributed by atoms with E-state index in [4.69, 9.17) is 16.3 Å². The van der Waals surface area contributed by atoms with Crippen molar-refractivity contribution in [2.24, 2.45) is 0 Å². The second-order valence-electron chi connectivity index (χ2n) is 4.98. The molecule has 2 aromatic carbocycles. The third-order valence-corrected chi connectivity index (χ3v) is 4.02. The van der Waals surface area contributed by atoms with E-state index in [0.29, 0.717) is 11.6 Å². The number of hydrogen-bond donors (Lipinski definition) is 1. The van der Waals surface area contributed by atoms with Gasteiger partial charge in [0.15, 0.2) is 5.75 Å². The average Bonchev–Trinajstić information content (AvgIpc) is 2.42. The molecule has 4 heteroatoms. The van der Waals surface area contributed by atoms with E-state index in [2.05, 4.69) is 59.4 Å². The van der Waals surface area contributed by atoms with Gasteiger partial charge >= 0.3 is 0 Å². The van der Waals surface area contributed by atoms with Gasteiger partial charge in [0, 0.05) is 11.1 Å². The summed E-state index contributed by atoms with van der Waals surface area (Å²) in [5.41, 5.74) is 3.37. The number of nitrogens with one attached hydrogen (secondary N) is 1. The Morgan fingerprint density at radius 1 is 1.29 bits per heavy atom. The highest BCUT2D eigenvalue weighted by Crippen LogP contribution is 2.38. The lowest BCUT2D eigenvalue weighted by atomic mass is 10.1. The summed E-state index contributed by atoms with van der Waals surface area (Å²) in [5, 5.41) is 4.15. The summed E-state index contributed by atoms with van der Waals surface area (Å²) in [6.45, 7) is 6.79. The SMILES string of the molecule is CCOc1c(Br)cc(Cl)cc1NC(C)c1cccc(C)c1. The van der Waals surface area contributed by atoms with Crippen LogP contribution in [-0.4, -0.2) is 6.61 Å². The Morgan fingerprint density at radius 3 is 2.71 bits per heavy atom. The molecular formula is C17H19BrClNO. The highest BCUT2D eigenvalue weighted by atomic mass is 79.9. The molecule has 21 heavy (non-hydrogen) atoms. The van der Waals surface area contributed by atoms with Crippen LogP contribution in [0, 0.1) is 6.92 Å². The molecular weight excluding hydrogens is 350 g/mol. The minimum atomic E-state index is 0.162. The molecule has 0 radical (unpaired) electrons. The van der Waals surface area contributed by atoms with Gasteiger partial charge in [-0.2, -0.15) is 0 Å². The van der Waals surface area contributed by atoms with Crippen molar-refractivity contribution in [1.29, 1.82) is 0 Å². The number of halogens is 2. The average molecular weight is 369 g/mol. The first-order chi connectivity index (χ1) is 10.0. The van der Waals surface area contributed by atoms with Crippen LogP contribution in [0.4, 0.5) is 5.69 Å². The second kappa shape index (κ2) is 7.19. The number of aryl methyl sites for hydroxylation is 1. The van der Waals surface area contributed by atoms with Crippen LogP contribution in [0.25, 0.3) is 0 Å². The second-order valence-corrected chi connectivity index (χ2v) is 6.27. The Morgan fingerprint density at radius 2 is 2.05 bits per heavy atom. The predicted molar refractivity (Wildman–Crippen MR) is 93.5 cm³/mol. The van der Waals surface area contributed by atoms with Crippen LogP contribution in [0.2, 0.25) is 5.02 Å². The highest BCUT2D eigenvalue weighted by molar-refractivity contribution is 9.10. The molecule has 1 atom stereocenters. The fourth-order valence-electron chi connectivity index (χ4n) is 2.21. The monoisotopic (exact) mass is 367 g/mol. The zero-order chi connectivity index (χ0) is 15.4. The molecule has 112 valence electrons. The lowest BCUT2D eigenvalue weighted by molar-refractivity contribution is 0.339. The zero-order valence-corrected chi connectivity index (χ0v) is 14.8. The molecule has 0 saturated carbocycles. The molecule has 2 rings (SSSR count). The van der Waals surface area contributed by atoms with Crippen LogP contribution in [0.15, 0.2) is 40.9 Å². The van der Waals surface area contributed by atoms with Gasteiger partial charge in [-0.1, -0.05) is 41.4 Å². The maximum Gasteiger partial charge on any atom is 0.156 e. The van der Waals surface area contributed by atoms with Gasteiger partial charge in [-0.3, -0.25) is 0 Å². The van der Waals surface area contributed by atoms with Gasteiger partial charge in [-0.25, -0.2) is 0 Å². The van der Waals surface area contributed by atoms with Crippen LogP contribution in [-0.2, 0) is 0 Å². The van der Waals surface area contributed by atoms with Gasteiger partial charge in [0.1, 0.15) is 0 Å². The van der Waals surface area contributed by atoms with Crippen molar-refractivity contribution in [3.63, 3.8) is 0 Å². The molecule has 0 aliphatic carbocycles. The molecule has 0 amide bonds. The Balaban J connectivity index is 2.30. The van der Waals surface area contributed by atoms with Gasteiger partial charge < -0.3 is 10.1 Å². The van der Waals surface area contributed by atoms with Crippen molar-refractivity contribution < 1.29 is 4.74 Å². The molecule has 0 saturated heterocycles. The lowest BCUT2D eigenvalue weighted by Gasteiger charge is -2.20. The van der Waals surface area contributed by atoms with Crippen molar-refractivity contribution in [1.82, 2.24) is 0 Å². The number of hydrogen-bond acceptors (Lipinski definition) is 2. The lowest BCUT2D eigenvalue weighted by Crippen LogP contribution is -2.08. The molecule has 0 fully saturated rings. The molecule has 1 N–H and O–H groups in total. The predicted octanol–water partition coefficient (Wildman–Crippen LogP) is 5.98. The molecule has 0 aromatic heterocycles. The summed E-state index contributed by atoms with van der Waals surface area (Å²) in [5.74, 6) is 0.793. The van der Waals surface area contributed by atoms with Crippen LogP contribution in [0.1, 0.15) is 31.0 Å². The van der Waals surface area contributed by atoms with Gasteiger partial charge in [0.05, 0.1) is 16.8 Å². The number of benzene rings is 2. The molecule has 2 nitrogen and oxygen atoms in total. The van der Waals surface area contributed by atoms with Gasteiger partial charge in [0.25, 0.3) is 0 Å². The maximum absolute atomic E-state index is 6.15. The first-order valence-electron chi connectivity index (χ1n) is 6.96. The molecule has 0 spiro atoms. The van der Waals surface area contributed by atoms with Gasteiger partial charge in [-0.05, 0) is 54.4 Å². The fraction of sp³-hybridized carbons (Fsp3) is 0.294. The summed E-state index contributed by atoms with van der Waals surface area (Å²) < 4.78 is 6.57. The van der Waals surface area contributed by atoms with E-state index in [1.165, 1.54) is 11.1 Å². The molecule has 2 aromatic rings. The third kappa shape index (κ3) is 4.14. The van der Waals surface area contributed by atoms with Crippen molar-refractivity contribution in [3.05, 3.63) is 57.0 Å². The molecule has 0 heterocycles. The van der Waals surface area contributed by atoms with Crippen LogP contribution in [0.5, 0.6) is 5.75 Å². The van der Waals surface area contributed by atoms with Crippen LogP contribution in [0.3, 0.4) is 0 Å². The Kier molecular flexibility index (Phi) is 5.54. The van der Waals surface area contributed by atoms with Crippen LogP contribution < -0.4 is 10.1 Å². The minimum absolute atomic E-state index is 0.162. The van der Waals surface area contributed by atoms with E-state index in [9.17, 15) is 0 Å². The normalized spacial score (nSPS) is 12.0. The highest BCUT2D eigenvalue weighted by Gasteiger charge is 2.13. The maximum atomic E-state index is 6.15. The largest absolute Gasteiger partial charge is 0.491 e. The van der Waals surface area contributed by atoms with Crippen molar-refractivity contribution in [2.75, 3.05) is 11.9 Å². The van der Waals surface area contributed by atoms with Crippen LogP contribution >= 0.6 is 27.5 Å². The number of anilines is 1.